The van der Waals surface area contributed by atoms with Gasteiger partial charge in [-0.3, -0.25) is 21.3 Å². The number of carbonyl (C=O) groups excluding carboxylic acids is 2. The van der Waals surface area contributed by atoms with Crippen LogP contribution in [0, 0.1) is 0 Å². The Morgan fingerprint density at radius 1 is 1.27 bits per heavy atom. The summed E-state index contributed by atoms with van der Waals surface area (Å²) in [7, 11) is 0. The van der Waals surface area contributed by atoms with E-state index in [4.69, 9.17) is 20.6 Å². The van der Waals surface area contributed by atoms with Gasteiger partial charge in [0, 0.05) is 17.0 Å². The van der Waals surface area contributed by atoms with Crippen molar-refractivity contribution in [3.8, 4) is 5.75 Å². The Morgan fingerprint density at radius 2 is 2.03 bits per heavy atom. The summed E-state index contributed by atoms with van der Waals surface area (Å²) in [4.78, 5) is 38.1. The lowest BCUT2D eigenvalue weighted by Gasteiger charge is -2.19. The van der Waals surface area contributed by atoms with Gasteiger partial charge in [0.2, 0.25) is 0 Å². The van der Waals surface area contributed by atoms with Crippen LogP contribution in [0.4, 0.5) is 0 Å². The van der Waals surface area contributed by atoms with Gasteiger partial charge in [0.25, 0.3) is 5.91 Å². The molecule has 1 atom stereocenters. The Morgan fingerprint density at radius 3 is 2.77 bits per heavy atom. The van der Waals surface area contributed by atoms with Gasteiger partial charge in [-0.25, -0.2) is 4.79 Å². The SMILES string of the molecule is NC(N)=[NH+]CCC[C@H](NC(=O)COc1ccc2c3c(c(=O)oc2c1)CCC3)C(=O)[O-]. The van der Waals surface area contributed by atoms with Crippen LogP contribution < -0.4 is 37.2 Å². The van der Waals surface area contributed by atoms with Crippen LogP contribution in [-0.2, 0) is 22.4 Å². The van der Waals surface area contributed by atoms with Gasteiger partial charge in [-0.15, -0.1) is 0 Å². The smallest absolute Gasteiger partial charge is 0.339 e. The third-order valence-corrected chi connectivity index (χ3v) is 4.93. The first kappa shape index (κ1) is 21.2. The second-order valence-electron chi connectivity index (χ2n) is 7.11. The minimum absolute atomic E-state index is 0.0358. The second-order valence-corrected chi connectivity index (χ2v) is 7.11. The van der Waals surface area contributed by atoms with E-state index in [0.29, 0.717) is 24.3 Å². The first-order valence-electron chi connectivity index (χ1n) is 9.68. The fourth-order valence-corrected chi connectivity index (χ4v) is 3.53. The molecule has 1 aliphatic rings. The third-order valence-electron chi connectivity index (χ3n) is 4.93. The number of carbonyl (C=O) groups is 2. The Labute approximate surface area is 171 Å². The van der Waals surface area contributed by atoms with Crippen LogP contribution in [-0.4, -0.2) is 37.0 Å². The van der Waals surface area contributed by atoms with Gasteiger partial charge < -0.3 is 24.4 Å². The molecule has 0 radical (unpaired) electrons. The first-order valence-corrected chi connectivity index (χ1v) is 9.68. The lowest BCUT2D eigenvalue weighted by molar-refractivity contribution is -0.459. The Kier molecular flexibility index (Phi) is 6.55. The molecule has 160 valence electrons. The number of carboxylic acid groups (broad SMARTS) is 1. The molecule has 1 amide bonds. The van der Waals surface area contributed by atoms with Crippen molar-refractivity contribution in [3.63, 3.8) is 0 Å². The number of benzene rings is 1. The maximum Gasteiger partial charge on any atom is 0.339 e. The van der Waals surface area contributed by atoms with E-state index in [1.807, 2.05) is 0 Å². The average Bonchev–Trinajstić information content (AvgIpc) is 3.19. The molecule has 10 heteroatoms. The fourth-order valence-electron chi connectivity index (χ4n) is 3.53. The molecule has 3 rings (SSSR count). The van der Waals surface area contributed by atoms with E-state index in [9.17, 15) is 19.5 Å². The highest BCUT2D eigenvalue weighted by Crippen LogP contribution is 2.29. The largest absolute Gasteiger partial charge is 0.548 e. The first-order chi connectivity index (χ1) is 14.3. The average molecular weight is 416 g/mol. The highest BCUT2D eigenvalue weighted by atomic mass is 16.5. The van der Waals surface area contributed by atoms with Crippen molar-refractivity contribution < 1.29 is 28.8 Å². The van der Waals surface area contributed by atoms with Crippen molar-refractivity contribution >= 4 is 28.8 Å². The highest BCUT2D eigenvalue weighted by Gasteiger charge is 2.20. The predicted octanol–water partition coefficient (Wildman–Crippen LogP) is -2.97. The molecule has 0 aliphatic heterocycles. The summed E-state index contributed by atoms with van der Waals surface area (Å²) in [6.45, 7) is -0.0310. The summed E-state index contributed by atoms with van der Waals surface area (Å²) in [6.07, 6.45) is 3.02. The normalized spacial score (nSPS) is 13.5. The molecule has 0 saturated carbocycles. The zero-order valence-electron chi connectivity index (χ0n) is 16.4. The Balaban J connectivity index is 1.59. The van der Waals surface area contributed by atoms with Crippen LogP contribution in [0.1, 0.15) is 30.4 Å². The number of hydrogen-bond donors (Lipinski definition) is 4. The number of ether oxygens (including phenoxy) is 1. The molecule has 30 heavy (non-hydrogen) atoms. The van der Waals surface area contributed by atoms with E-state index >= 15 is 0 Å². The third kappa shape index (κ3) is 5.07. The van der Waals surface area contributed by atoms with Gasteiger partial charge in [-0.1, -0.05) is 0 Å². The van der Waals surface area contributed by atoms with Crippen LogP contribution in [0.25, 0.3) is 11.0 Å². The number of rotatable bonds is 9. The topological polar surface area (TPSA) is 175 Å². The van der Waals surface area contributed by atoms with E-state index in [0.717, 1.165) is 35.8 Å². The molecule has 0 fully saturated rings. The summed E-state index contributed by atoms with van der Waals surface area (Å²) in [5.41, 5.74) is 12.3. The second kappa shape index (κ2) is 9.29. The van der Waals surface area contributed by atoms with Gasteiger partial charge >= 0.3 is 11.6 Å². The molecule has 10 nitrogen and oxygen atoms in total. The fraction of sp³-hybridized carbons (Fsp3) is 0.400. The molecule has 2 aromatic rings. The number of carboxylic acids is 1. The number of aliphatic carboxylic acids is 1. The predicted molar refractivity (Wildman–Crippen MR) is 105 cm³/mol. The molecule has 1 aromatic heterocycles. The summed E-state index contributed by atoms with van der Waals surface area (Å²) in [5.74, 6) is -1.64. The molecular weight excluding hydrogens is 392 g/mol. The Bertz CT molecular complexity index is 1040. The maximum absolute atomic E-state index is 12.1. The van der Waals surface area contributed by atoms with E-state index in [1.165, 1.54) is 0 Å². The Hall–Kier alpha value is -3.56. The van der Waals surface area contributed by atoms with Crippen molar-refractivity contribution in [3.05, 3.63) is 39.7 Å². The number of nitrogens with two attached hydrogens (primary N) is 2. The number of hydrogen-bond acceptors (Lipinski definition) is 6. The van der Waals surface area contributed by atoms with Crippen LogP contribution in [0.3, 0.4) is 0 Å². The molecular formula is C20H24N4O6. The number of amides is 1. The molecule has 1 aliphatic carbocycles. The standard InChI is InChI=1S/C20H24N4O6/c21-20(22)23-8-2-5-15(18(26)27)24-17(25)10-29-11-6-7-13-12-3-1-4-14(12)19(28)30-16(13)9-11/h6-7,9,15H,1-5,8,10H2,(H,24,25)(H,26,27)(H4,21,22,23)/t15-/m0/s1. The van der Waals surface area contributed by atoms with Crippen molar-refractivity contribution in [2.75, 3.05) is 13.2 Å². The zero-order chi connectivity index (χ0) is 21.7. The molecule has 0 unspecified atom stereocenters. The monoisotopic (exact) mass is 416 g/mol. The van der Waals surface area contributed by atoms with Gasteiger partial charge in [-0.05, 0) is 49.8 Å². The number of aryl methyl sites for hydroxylation is 1. The molecule has 0 spiro atoms. The summed E-state index contributed by atoms with van der Waals surface area (Å²) >= 11 is 0. The van der Waals surface area contributed by atoms with Gasteiger partial charge in [0.15, 0.2) is 6.61 Å². The van der Waals surface area contributed by atoms with E-state index in [-0.39, 0.29) is 18.0 Å². The van der Waals surface area contributed by atoms with Crippen molar-refractivity contribution in [2.45, 2.75) is 38.1 Å². The van der Waals surface area contributed by atoms with E-state index in [2.05, 4.69) is 10.3 Å². The number of fused-ring (bicyclic) bond motifs is 3. The molecule has 1 heterocycles. The maximum atomic E-state index is 12.1. The number of nitrogens with one attached hydrogen (secondary N) is 2. The minimum Gasteiger partial charge on any atom is -0.548 e. The lowest BCUT2D eigenvalue weighted by atomic mass is 10.1. The molecule has 0 bridgehead atoms. The highest BCUT2D eigenvalue weighted by molar-refractivity contribution is 5.85. The lowest BCUT2D eigenvalue weighted by Crippen LogP contribution is -2.78. The van der Waals surface area contributed by atoms with Crippen molar-refractivity contribution in [1.29, 1.82) is 0 Å². The van der Waals surface area contributed by atoms with Gasteiger partial charge in [0.1, 0.15) is 11.3 Å². The molecule has 1 aromatic carbocycles. The van der Waals surface area contributed by atoms with Gasteiger partial charge in [-0.2, -0.15) is 0 Å². The quantitative estimate of drug-likeness (QED) is 0.145. The number of guanidine groups is 1. The summed E-state index contributed by atoms with van der Waals surface area (Å²) < 4.78 is 10.8. The van der Waals surface area contributed by atoms with Crippen molar-refractivity contribution in [2.24, 2.45) is 11.5 Å². The van der Waals surface area contributed by atoms with Crippen LogP contribution in [0.5, 0.6) is 5.75 Å². The zero-order valence-corrected chi connectivity index (χ0v) is 16.4. The minimum atomic E-state index is -1.39. The van der Waals surface area contributed by atoms with Gasteiger partial charge in [0.05, 0.1) is 18.6 Å². The van der Waals surface area contributed by atoms with Crippen LogP contribution in [0.15, 0.2) is 27.4 Å². The molecule has 0 saturated heterocycles. The summed E-state index contributed by atoms with van der Waals surface area (Å²) in [6, 6.07) is 3.87. The van der Waals surface area contributed by atoms with E-state index < -0.39 is 24.5 Å². The van der Waals surface area contributed by atoms with Crippen LogP contribution in [0.2, 0.25) is 0 Å². The summed E-state index contributed by atoms with van der Waals surface area (Å²) in [5, 5.41) is 14.4. The van der Waals surface area contributed by atoms with Crippen LogP contribution >= 0.6 is 0 Å². The van der Waals surface area contributed by atoms with Crippen molar-refractivity contribution in [1.82, 2.24) is 5.32 Å². The van der Waals surface area contributed by atoms with E-state index in [1.54, 1.807) is 18.2 Å². The molecule has 6 N–H and O–H groups in total.